The fourth-order valence-corrected chi connectivity index (χ4v) is 2.81. The first-order valence-corrected chi connectivity index (χ1v) is 7.44. The van der Waals surface area contributed by atoms with Gasteiger partial charge in [-0.05, 0) is 17.7 Å². The summed E-state index contributed by atoms with van der Waals surface area (Å²) in [5.41, 5.74) is 0.928. The van der Waals surface area contributed by atoms with Gasteiger partial charge >= 0.3 is 0 Å². The molecule has 1 heterocycles. The third-order valence-corrected chi connectivity index (χ3v) is 4.02. The second kappa shape index (κ2) is 6.46. The van der Waals surface area contributed by atoms with Crippen molar-refractivity contribution in [3.63, 3.8) is 0 Å². The minimum Gasteiger partial charge on any atom is -0.370 e. The summed E-state index contributed by atoms with van der Waals surface area (Å²) < 4.78 is 19.6. The van der Waals surface area contributed by atoms with Crippen molar-refractivity contribution in [3.05, 3.63) is 70.5 Å². The zero-order valence-electron chi connectivity index (χ0n) is 11.8. The van der Waals surface area contributed by atoms with Crippen LogP contribution >= 0.6 is 11.6 Å². The van der Waals surface area contributed by atoms with Crippen molar-refractivity contribution >= 4 is 17.5 Å². The van der Waals surface area contributed by atoms with Gasteiger partial charge in [0.05, 0.1) is 23.7 Å². The van der Waals surface area contributed by atoms with Gasteiger partial charge in [-0.3, -0.25) is 4.79 Å². The van der Waals surface area contributed by atoms with Crippen molar-refractivity contribution in [3.8, 4) is 0 Å². The lowest BCUT2D eigenvalue weighted by molar-refractivity contribution is -0.0229. The van der Waals surface area contributed by atoms with Crippen LogP contribution in [0, 0.1) is 5.82 Å². The SMILES string of the molecule is O=C(c1c(F)cccc1Cl)N1CCO[C@@H](c2ccccc2)C1. The molecule has 0 aromatic heterocycles. The average Bonchev–Trinajstić information content (AvgIpc) is 2.55. The average molecular weight is 320 g/mol. The van der Waals surface area contributed by atoms with E-state index in [-0.39, 0.29) is 16.7 Å². The van der Waals surface area contributed by atoms with Gasteiger partial charge in [0.1, 0.15) is 11.9 Å². The number of nitrogens with zero attached hydrogens (tertiary/aromatic N) is 1. The fourth-order valence-electron chi connectivity index (χ4n) is 2.56. The third-order valence-electron chi connectivity index (χ3n) is 3.70. The molecule has 0 saturated carbocycles. The summed E-state index contributed by atoms with van der Waals surface area (Å²) in [5, 5.41) is 0.132. The minimum atomic E-state index is -0.597. The molecule has 0 spiro atoms. The second-order valence-corrected chi connectivity index (χ2v) is 5.53. The van der Waals surface area contributed by atoms with Crippen LogP contribution in [0.1, 0.15) is 22.0 Å². The van der Waals surface area contributed by atoms with Gasteiger partial charge in [0.25, 0.3) is 5.91 Å². The molecule has 2 aromatic rings. The number of morpholine rings is 1. The molecule has 0 unspecified atom stereocenters. The topological polar surface area (TPSA) is 29.5 Å². The summed E-state index contributed by atoms with van der Waals surface area (Å²) in [6.07, 6.45) is -0.204. The van der Waals surface area contributed by atoms with Gasteiger partial charge < -0.3 is 9.64 Å². The van der Waals surface area contributed by atoms with Gasteiger partial charge in [-0.25, -0.2) is 4.39 Å². The second-order valence-electron chi connectivity index (χ2n) is 5.12. The number of hydrogen-bond acceptors (Lipinski definition) is 2. The van der Waals surface area contributed by atoms with E-state index < -0.39 is 11.7 Å². The Morgan fingerprint density at radius 2 is 1.95 bits per heavy atom. The number of carbonyl (C=O) groups is 1. The Morgan fingerprint density at radius 1 is 1.18 bits per heavy atom. The van der Waals surface area contributed by atoms with Crippen molar-refractivity contribution < 1.29 is 13.9 Å². The molecule has 1 amide bonds. The molecule has 3 nitrogen and oxygen atoms in total. The zero-order chi connectivity index (χ0) is 15.5. The van der Waals surface area contributed by atoms with E-state index >= 15 is 0 Å². The fraction of sp³-hybridized carbons (Fsp3) is 0.235. The summed E-state index contributed by atoms with van der Waals surface area (Å²) in [5.74, 6) is -0.993. The van der Waals surface area contributed by atoms with Crippen molar-refractivity contribution in [2.75, 3.05) is 19.7 Å². The molecule has 1 aliphatic rings. The van der Waals surface area contributed by atoms with E-state index in [0.717, 1.165) is 5.56 Å². The highest BCUT2D eigenvalue weighted by atomic mass is 35.5. The molecule has 5 heteroatoms. The smallest absolute Gasteiger partial charge is 0.258 e. The highest BCUT2D eigenvalue weighted by Crippen LogP contribution is 2.26. The summed E-state index contributed by atoms with van der Waals surface area (Å²) in [6.45, 7) is 1.22. The van der Waals surface area contributed by atoms with E-state index in [1.165, 1.54) is 18.2 Å². The molecule has 1 fully saturated rings. The maximum atomic E-state index is 13.9. The Bertz CT molecular complexity index is 657. The van der Waals surface area contributed by atoms with E-state index in [1.807, 2.05) is 30.3 Å². The number of halogens is 2. The maximum Gasteiger partial charge on any atom is 0.258 e. The molecular formula is C17H15ClFNO2. The molecule has 3 rings (SSSR count). The van der Waals surface area contributed by atoms with Crippen LogP contribution in [0.2, 0.25) is 5.02 Å². The quantitative estimate of drug-likeness (QED) is 0.845. The molecule has 1 aliphatic heterocycles. The van der Waals surface area contributed by atoms with E-state index in [0.29, 0.717) is 19.7 Å². The summed E-state index contributed by atoms with van der Waals surface area (Å²) in [6, 6.07) is 13.9. The number of benzene rings is 2. The van der Waals surface area contributed by atoms with Gasteiger partial charge in [-0.15, -0.1) is 0 Å². The molecule has 22 heavy (non-hydrogen) atoms. The molecule has 0 N–H and O–H groups in total. The molecule has 1 atom stereocenters. The minimum absolute atomic E-state index is 0.0714. The Balaban J connectivity index is 1.82. The molecule has 1 saturated heterocycles. The van der Waals surface area contributed by atoms with Gasteiger partial charge in [0, 0.05) is 6.54 Å². The number of carbonyl (C=O) groups excluding carboxylic acids is 1. The van der Waals surface area contributed by atoms with Crippen LogP contribution in [0.5, 0.6) is 0 Å². The first-order chi connectivity index (χ1) is 10.7. The number of ether oxygens (including phenoxy) is 1. The number of amides is 1. The predicted octanol–water partition coefficient (Wildman–Crippen LogP) is 3.69. The van der Waals surface area contributed by atoms with E-state index in [2.05, 4.69) is 0 Å². The molecule has 0 bridgehead atoms. The highest BCUT2D eigenvalue weighted by Gasteiger charge is 2.28. The first-order valence-electron chi connectivity index (χ1n) is 7.06. The summed E-state index contributed by atoms with van der Waals surface area (Å²) in [4.78, 5) is 14.2. The van der Waals surface area contributed by atoms with Gasteiger partial charge in [0.2, 0.25) is 0 Å². The van der Waals surface area contributed by atoms with Crippen molar-refractivity contribution in [2.24, 2.45) is 0 Å². The number of hydrogen-bond donors (Lipinski definition) is 0. The van der Waals surface area contributed by atoms with Crippen LogP contribution in [0.25, 0.3) is 0 Å². The van der Waals surface area contributed by atoms with Crippen LogP contribution in [0.15, 0.2) is 48.5 Å². The third kappa shape index (κ3) is 2.98. The van der Waals surface area contributed by atoms with Crippen LogP contribution in [0.3, 0.4) is 0 Å². The van der Waals surface area contributed by atoms with Gasteiger partial charge in [0.15, 0.2) is 0 Å². The lowest BCUT2D eigenvalue weighted by Crippen LogP contribution is -2.42. The lowest BCUT2D eigenvalue weighted by Gasteiger charge is -2.33. The van der Waals surface area contributed by atoms with Crippen molar-refractivity contribution in [2.45, 2.75) is 6.10 Å². The van der Waals surface area contributed by atoms with E-state index in [4.69, 9.17) is 16.3 Å². The van der Waals surface area contributed by atoms with Crippen LogP contribution in [-0.2, 0) is 4.74 Å². The molecule has 0 radical (unpaired) electrons. The van der Waals surface area contributed by atoms with Crippen molar-refractivity contribution in [1.29, 1.82) is 0 Å². The summed E-state index contributed by atoms with van der Waals surface area (Å²) >= 11 is 5.98. The Labute approximate surface area is 133 Å². The lowest BCUT2D eigenvalue weighted by atomic mass is 10.1. The summed E-state index contributed by atoms with van der Waals surface area (Å²) in [7, 11) is 0. The molecule has 114 valence electrons. The normalized spacial score (nSPS) is 18.3. The van der Waals surface area contributed by atoms with Crippen molar-refractivity contribution in [1.82, 2.24) is 4.90 Å². The highest BCUT2D eigenvalue weighted by molar-refractivity contribution is 6.33. The maximum absolute atomic E-state index is 13.9. The van der Waals surface area contributed by atoms with Gasteiger partial charge in [-0.1, -0.05) is 48.0 Å². The monoisotopic (exact) mass is 319 g/mol. The molecule has 2 aromatic carbocycles. The Hall–Kier alpha value is -1.91. The van der Waals surface area contributed by atoms with Crippen LogP contribution < -0.4 is 0 Å². The van der Waals surface area contributed by atoms with Crippen LogP contribution in [-0.4, -0.2) is 30.5 Å². The molecular weight excluding hydrogens is 305 g/mol. The van der Waals surface area contributed by atoms with Gasteiger partial charge in [-0.2, -0.15) is 0 Å². The molecule has 0 aliphatic carbocycles. The standard InChI is InChI=1S/C17H15ClFNO2/c18-13-7-4-8-14(19)16(13)17(21)20-9-10-22-15(11-20)12-5-2-1-3-6-12/h1-8,15H,9-11H2/t15-/m1/s1. The Morgan fingerprint density at radius 3 is 2.68 bits per heavy atom. The first kappa shape index (κ1) is 15.0. The predicted molar refractivity (Wildman–Crippen MR) is 82.4 cm³/mol. The largest absolute Gasteiger partial charge is 0.370 e. The number of rotatable bonds is 2. The Kier molecular flexibility index (Phi) is 4.41. The van der Waals surface area contributed by atoms with E-state index in [1.54, 1.807) is 4.90 Å². The van der Waals surface area contributed by atoms with E-state index in [9.17, 15) is 9.18 Å². The van der Waals surface area contributed by atoms with Crippen LogP contribution in [0.4, 0.5) is 4.39 Å². The zero-order valence-corrected chi connectivity index (χ0v) is 12.6.